The van der Waals surface area contributed by atoms with Crippen LogP contribution in [0, 0.1) is 0 Å². The van der Waals surface area contributed by atoms with E-state index < -0.39 is 0 Å². The Morgan fingerprint density at radius 2 is 2.13 bits per heavy atom. The molecule has 1 aromatic carbocycles. The van der Waals surface area contributed by atoms with Crippen molar-refractivity contribution < 1.29 is 4.79 Å². The van der Waals surface area contributed by atoms with Gasteiger partial charge in [-0.15, -0.1) is 5.10 Å². The van der Waals surface area contributed by atoms with E-state index in [4.69, 9.17) is 11.6 Å². The average Bonchev–Trinajstić information content (AvgIpc) is 3.03. The number of hydrogen-bond donors (Lipinski definition) is 0. The van der Waals surface area contributed by atoms with Crippen LogP contribution < -0.4 is 0 Å². The molecule has 122 valence electrons. The summed E-state index contributed by atoms with van der Waals surface area (Å²) in [5, 5.41) is 13.1. The highest BCUT2D eigenvalue weighted by atomic mass is 35.5. The van der Waals surface area contributed by atoms with Crippen LogP contribution in [0.1, 0.15) is 55.4 Å². The van der Waals surface area contributed by atoms with Crippen molar-refractivity contribution >= 4 is 29.1 Å². The molecule has 0 aliphatic heterocycles. The van der Waals surface area contributed by atoms with Crippen molar-refractivity contribution in [2.45, 2.75) is 55.5 Å². The highest BCUT2D eigenvalue weighted by Gasteiger charge is 2.24. The van der Waals surface area contributed by atoms with Gasteiger partial charge in [0.05, 0.1) is 11.3 Å². The lowest BCUT2D eigenvalue weighted by Crippen LogP contribution is -2.18. The fourth-order valence-corrected chi connectivity index (χ4v) is 4.03. The summed E-state index contributed by atoms with van der Waals surface area (Å²) >= 11 is 7.38. The maximum atomic E-state index is 12.6. The molecule has 1 fully saturated rings. The second-order valence-corrected chi connectivity index (χ2v) is 7.58. The van der Waals surface area contributed by atoms with Crippen LogP contribution in [0.3, 0.4) is 0 Å². The van der Waals surface area contributed by atoms with E-state index in [-0.39, 0.29) is 11.0 Å². The minimum absolute atomic E-state index is 0.0377. The van der Waals surface area contributed by atoms with Gasteiger partial charge >= 0.3 is 0 Å². The Bertz CT molecular complexity index is 684. The monoisotopic (exact) mass is 350 g/mol. The number of nitrogens with zero attached hydrogens (tertiary/aromatic N) is 4. The third kappa shape index (κ3) is 3.93. The Morgan fingerprint density at radius 3 is 2.87 bits per heavy atom. The predicted octanol–water partition coefficient (Wildman–Crippen LogP) is 4.20. The van der Waals surface area contributed by atoms with E-state index in [0.717, 1.165) is 18.0 Å². The molecular formula is C16H19ClN4OS. The molecule has 0 bridgehead atoms. The lowest BCUT2D eigenvalue weighted by molar-refractivity contribution is 0.0993. The summed E-state index contributed by atoms with van der Waals surface area (Å²) in [6.07, 6.45) is 5.92. The fourth-order valence-electron chi connectivity index (χ4n) is 2.91. The van der Waals surface area contributed by atoms with Gasteiger partial charge in [-0.1, -0.05) is 54.8 Å². The van der Waals surface area contributed by atoms with Crippen molar-refractivity contribution in [1.82, 2.24) is 20.2 Å². The Labute approximate surface area is 144 Å². The number of hydrogen-bond acceptors (Lipinski definition) is 5. The molecule has 23 heavy (non-hydrogen) atoms. The van der Waals surface area contributed by atoms with Gasteiger partial charge in [0.25, 0.3) is 0 Å². The molecule has 0 unspecified atom stereocenters. The largest absolute Gasteiger partial charge is 0.293 e. The number of benzene rings is 1. The summed E-state index contributed by atoms with van der Waals surface area (Å²) in [5.74, 6) is 0.0377. The highest BCUT2D eigenvalue weighted by molar-refractivity contribution is 8.00. The Morgan fingerprint density at radius 1 is 1.35 bits per heavy atom. The molecule has 7 heteroatoms. The lowest BCUT2D eigenvalue weighted by atomic mass is 9.96. The zero-order valence-electron chi connectivity index (χ0n) is 13.0. The average molecular weight is 351 g/mol. The first-order chi connectivity index (χ1) is 11.1. The van der Waals surface area contributed by atoms with Crippen LogP contribution in [0.15, 0.2) is 29.4 Å². The van der Waals surface area contributed by atoms with Crippen LogP contribution in [0.25, 0.3) is 0 Å². The van der Waals surface area contributed by atoms with Gasteiger partial charge in [0.1, 0.15) is 0 Å². The second kappa shape index (κ2) is 7.45. The van der Waals surface area contributed by atoms with E-state index in [1.165, 1.54) is 31.0 Å². The number of thioether (sulfide) groups is 1. The highest BCUT2D eigenvalue weighted by Crippen LogP contribution is 2.32. The van der Waals surface area contributed by atoms with Crippen LogP contribution in [-0.4, -0.2) is 31.2 Å². The molecule has 1 atom stereocenters. The summed E-state index contributed by atoms with van der Waals surface area (Å²) in [5.41, 5.74) is 0.620. The number of carbonyl (C=O) groups is 1. The number of ketones is 1. The Kier molecular flexibility index (Phi) is 5.33. The Balaban J connectivity index is 1.72. The summed E-state index contributed by atoms with van der Waals surface area (Å²) in [7, 11) is 0. The number of rotatable bonds is 5. The molecule has 1 aromatic heterocycles. The van der Waals surface area contributed by atoms with Crippen molar-refractivity contribution in [3.8, 4) is 0 Å². The molecule has 0 N–H and O–H groups in total. The van der Waals surface area contributed by atoms with E-state index in [1.54, 1.807) is 24.3 Å². The molecule has 1 aliphatic rings. The first-order valence-electron chi connectivity index (χ1n) is 7.89. The van der Waals surface area contributed by atoms with Gasteiger partial charge in [-0.3, -0.25) is 4.79 Å². The maximum absolute atomic E-state index is 12.6. The van der Waals surface area contributed by atoms with Gasteiger partial charge in [0.15, 0.2) is 5.78 Å². The minimum Gasteiger partial charge on any atom is -0.293 e. The maximum Gasteiger partial charge on any atom is 0.210 e. The van der Waals surface area contributed by atoms with Gasteiger partial charge in [0.2, 0.25) is 5.16 Å². The summed E-state index contributed by atoms with van der Waals surface area (Å²) in [4.78, 5) is 12.6. The molecule has 1 heterocycles. The first kappa shape index (κ1) is 16.5. The quantitative estimate of drug-likeness (QED) is 0.597. The summed E-state index contributed by atoms with van der Waals surface area (Å²) in [6.45, 7) is 1.88. The topological polar surface area (TPSA) is 60.7 Å². The third-order valence-corrected chi connectivity index (χ3v) is 5.43. The van der Waals surface area contributed by atoms with Crippen LogP contribution in [-0.2, 0) is 0 Å². The Hall–Kier alpha value is -1.40. The summed E-state index contributed by atoms with van der Waals surface area (Å²) < 4.78 is 1.89. The van der Waals surface area contributed by atoms with Crippen molar-refractivity contribution in [2.75, 3.05) is 0 Å². The van der Waals surface area contributed by atoms with E-state index in [2.05, 4.69) is 15.5 Å². The molecule has 0 amide bonds. The zero-order chi connectivity index (χ0) is 16.2. The molecule has 0 radical (unpaired) electrons. The van der Waals surface area contributed by atoms with Gasteiger partial charge < -0.3 is 0 Å². The first-order valence-corrected chi connectivity index (χ1v) is 9.15. The van der Waals surface area contributed by atoms with E-state index in [9.17, 15) is 4.79 Å². The molecule has 0 saturated heterocycles. The number of Topliss-reactive ketones (excluding diaryl/α,β-unsaturated/α-hetero) is 1. The number of carbonyl (C=O) groups excluding carboxylic acids is 1. The molecule has 1 aliphatic carbocycles. The number of aromatic nitrogens is 4. The van der Waals surface area contributed by atoms with E-state index >= 15 is 0 Å². The van der Waals surface area contributed by atoms with Gasteiger partial charge in [-0.2, -0.15) is 0 Å². The standard InChI is InChI=1S/C16H19ClN4OS/c1-11(15(22)12-6-5-7-13(17)10-12)23-16-18-19-20-21(16)14-8-3-2-4-9-14/h5-7,10-11,14H,2-4,8-9H2,1H3/t11-/m1/s1. The van der Waals surface area contributed by atoms with Crippen molar-refractivity contribution in [2.24, 2.45) is 0 Å². The van der Waals surface area contributed by atoms with Crippen molar-refractivity contribution in [1.29, 1.82) is 0 Å². The second-order valence-electron chi connectivity index (χ2n) is 5.83. The van der Waals surface area contributed by atoms with Crippen LogP contribution in [0.5, 0.6) is 0 Å². The van der Waals surface area contributed by atoms with Gasteiger partial charge in [-0.25, -0.2) is 4.68 Å². The van der Waals surface area contributed by atoms with Crippen LogP contribution in [0.2, 0.25) is 5.02 Å². The number of tetrazole rings is 1. The zero-order valence-corrected chi connectivity index (χ0v) is 14.6. The van der Waals surface area contributed by atoms with E-state index in [1.807, 2.05) is 11.6 Å². The van der Waals surface area contributed by atoms with Crippen LogP contribution in [0.4, 0.5) is 0 Å². The van der Waals surface area contributed by atoms with Gasteiger partial charge in [0, 0.05) is 10.6 Å². The SMILES string of the molecule is C[C@@H](Sc1nnnn1C1CCCCC1)C(=O)c1cccc(Cl)c1. The molecule has 5 nitrogen and oxygen atoms in total. The lowest BCUT2D eigenvalue weighted by Gasteiger charge is -2.22. The normalized spacial score (nSPS) is 17.1. The molecule has 3 rings (SSSR count). The number of halogens is 1. The molecular weight excluding hydrogens is 332 g/mol. The fraction of sp³-hybridized carbons (Fsp3) is 0.500. The van der Waals surface area contributed by atoms with Crippen LogP contribution >= 0.6 is 23.4 Å². The smallest absolute Gasteiger partial charge is 0.210 e. The molecule has 1 saturated carbocycles. The predicted molar refractivity (Wildman–Crippen MR) is 91.0 cm³/mol. The van der Waals surface area contributed by atoms with Crippen molar-refractivity contribution in [3.05, 3.63) is 34.9 Å². The molecule has 0 spiro atoms. The van der Waals surface area contributed by atoms with Gasteiger partial charge in [-0.05, 0) is 42.3 Å². The van der Waals surface area contributed by atoms with E-state index in [0.29, 0.717) is 16.6 Å². The minimum atomic E-state index is -0.262. The third-order valence-electron chi connectivity index (χ3n) is 4.14. The molecule has 2 aromatic rings. The van der Waals surface area contributed by atoms with Crippen molar-refractivity contribution in [3.63, 3.8) is 0 Å². The summed E-state index contributed by atoms with van der Waals surface area (Å²) in [6, 6.07) is 7.40.